The molecule has 0 radical (unpaired) electrons. The number of nitrogens with zero attached hydrogens (tertiary/aromatic N) is 1. The van der Waals surface area contributed by atoms with Crippen molar-refractivity contribution in [3.63, 3.8) is 0 Å². The first kappa shape index (κ1) is 17.0. The molecule has 1 aliphatic heterocycles. The first-order valence-corrected chi connectivity index (χ1v) is 9.09. The number of carbonyl (C=O) groups excluding carboxylic acids is 1. The summed E-state index contributed by atoms with van der Waals surface area (Å²) in [5, 5.41) is 3.18. The van der Waals surface area contributed by atoms with E-state index in [1.165, 1.54) is 11.3 Å². The smallest absolute Gasteiger partial charge is 0.411 e. The van der Waals surface area contributed by atoms with E-state index >= 15 is 0 Å². The summed E-state index contributed by atoms with van der Waals surface area (Å²) < 4.78 is 7.20. The minimum atomic E-state index is -0.495. The molecule has 1 aliphatic rings. The highest BCUT2D eigenvalue weighted by molar-refractivity contribution is 8.00. The van der Waals surface area contributed by atoms with Crippen LogP contribution in [0, 0.1) is 0 Å². The van der Waals surface area contributed by atoms with Gasteiger partial charge in [0.25, 0.3) is 0 Å². The fourth-order valence-corrected chi connectivity index (χ4v) is 3.87. The minimum Gasteiger partial charge on any atom is -0.450 e. The summed E-state index contributed by atoms with van der Waals surface area (Å²) in [4.78, 5) is 12.6. The van der Waals surface area contributed by atoms with Gasteiger partial charge in [0.1, 0.15) is 0 Å². The van der Waals surface area contributed by atoms with Gasteiger partial charge in [-0.05, 0) is 61.5 Å². The van der Waals surface area contributed by atoms with Crippen LogP contribution in [0.15, 0.2) is 47.4 Å². The summed E-state index contributed by atoms with van der Waals surface area (Å²) >= 11 is 7.82. The number of fused-ring (bicyclic) bond motifs is 1. The zero-order chi connectivity index (χ0) is 16.9. The summed E-state index contributed by atoms with van der Waals surface area (Å²) in [6.45, 7) is 3.08. The van der Waals surface area contributed by atoms with E-state index in [4.69, 9.17) is 16.3 Å². The molecule has 0 unspecified atom stereocenters. The Bertz CT molecular complexity index is 739. The second-order valence-electron chi connectivity index (χ2n) is 5.41. The van der Waals surface area contributed by atoms with E-state index in [0.717, 1.165) is 24.3 Å². The number of halogens is 1. The number of amides is 1. The molecule has 0 saturated carbocycles. The fourth-order valence-electron chi connectivity index (χ4n) is 2.66. The van der Waals surface area contributed by atoms with Gasteiger partial charge in [-0.15, -0.1) is 0 Å². The molecule has 2 aromatic rings. The number of anilines is 2. The van der Waals surface area contributed by atoms with Crippen LogP contribution in [0.25, 0.3) is 0 Å². The van der Waals surface area contributed by atoms with E-state index in [9.17, 15) is 4.79 Å². The van der Waals surface area contributed by atoms with E-state index in [1.54, 1.807) is 24.9 Å². The van der Waals surface area contributed by atoms with Gasteiger partial charge in [0.15, 0.2) is 0 Å². The Labute approximate surface area is 151 Å². The van der Waals surface area contributed by atoms with E-state index < -0.39 is 6.09 Å². The third kappa shape index (κ3) is 3.97. The van der Waals surface area contributed by atoms with Gasteiger partial charge >= 0.3 is 6.09 Å². The molecule has 6 heteroatoms. The van der Waals surface area contributed by atoms with Gasteiger partial charge in [0, 0.05) is 11.4 Å². The lowest BCUT2D eigenvalue weighted by Crippen LogP contribution is -2.22. The van der Waals surface area contributed by atoms with Crippen molar-refractivity contribution in [2.45, 2.75) is 24.7 Å². The van der Waals surface area contributed by atoms with Crippen LogP contribution in [-0.4, -0.2) is 19.2 Å². The van der Waals surface area contributed by atoms with Gasteiger partial charge in [-0.1, -0.05) is 29.8 Å². The molecule has 0 saturated heterocycles. The van der Waals surface area contributed by atoms with Gasteiger partial charge in [-0.25, -0.2) is 4.79 Å². The first-order valence-electron chi connectivity index (χ1n) is 7.94. The van der Waals surface area contributed by atoms with Crippen molar-refractivity contribution < 1.29 is 9.53 Å². The Hall–Kier alpha value is -1.85. The lowest BCUT2D eigenvalue weighted by Gasteiger charge is -2.30. The van der Waals surface area contributed by atoms with Crippen molar-refractivity contribution in [2.24, 2.45) is 0 Å². The fraction of sp³-hybridized carbons (Fsp3) is 0.278. The van der Waals surface area contributed by atoms with Crippen molar-refractivity contribution in [1.82, 2.24) is 0 Å². The molecule has 1 amide bonds. The van der Waals surface area contributed by atoms with Gasteiger partial charge in [-0.3, -0.25) is 5.32 Å². The molecule has 0 aromatic heterocycles. The van der Waals surface area contributed by atoms with Crippen LogP contribution in [0.1, 0.15) is 18.9 Å². The van der Waals surface area contributed by atoms with Gasteiger partial charge in [0.05, 0.1) is 23.0 Å². The molecule has 0 atom stereocenters. The zero-order valence-electron chi connectivity index (χ0n) is 13.4. The molecular formula is C18H19ClN2O2S. The summed E-state index contributed by atoms with van der Waals surface area (Å²) in [6.07, 6.45) is 1.75. The maximum atomic E-state index is 11.6. The van der Waals surface area contributed by atoms with Crippen LogP contribution in [0.2, 0.25) is 5.02 Å². The van der Waals surface area contributed by atoms with Crippen molar-refractivity contribution in [3.8, 4) is 0 Å². The lowest BCUT2D eigenvalue weighted by atomic mass is 10.0. The van der Waals surface area contributed by atoms with Crippen molar-refractivity contribution in [3.05, 3.63) is 53.1 Å². The van der Waals surface area contributed by atoms with Crippen LogP contribution in [-0.2, 0) is 11.2 Å². The number of benzene rings is 2. The second kappa shape index (κ2) is 7.81. The first-order chi connectivity index (χ1) is 11.7. The molecule has 1 N–H and O–H groups in total. The SMILES string of the molecule is CCOC(=O)Nc1cc(SN2CCCc3ccccc32)ccc1Cl. The van der Waals surface area contributed by atoms with Crippen LogP contribution in [0.3, 0.4) is 0 Å². The monoisotopic (exact) mass is 362 g/mol. The number of hydrogen-bond donors (Lipinski definition) is 1. The molecule has 0 aliphatic carbocycles. The quantitative estimate of drug-likeness (QED) is 0.742. The van der Waals surface area contributed by atoms with Crippen molar-refractivity contribution in [2.75, 3.05) is 22.8 Å². The number of rotatable bonds is 4. The molecule has 4 nitrogen and oxygen atoms in total. The Morgan fingerprint density at radius 2 is 2.17 bits per heavy atom. The predicted molar refractivity (Wildman–Crippen MR) is 100 cm³/mol. The predicted octanol–water partition coefficient (Wildman–Crippen LogP) is 5.37. The molecule has 126 valence electrons. The molecule has 0 bridgehead atoms. The van der Waals surface area contributed by atoms with E-state index in [1.807, 2.05) is 12.1 Å². The summed E-state index contributed by atoms with van der Waals surface area (Å²) in [5.74, 6) is 0. The normalized spacial score (nSPS) is 13.3. The average molecular weight is 363 g/mol. The highest BCUT2D eigenvalue weighted by atomic mass is 35.5. The Morgan fingerprint density at radius 3 is 3.00 bits per heavy atom. The third-order valence-electron chi connectivity index (χ3n) is 3.73. The maximum absolute atomic E-state index is 11.6. The Kier molecular flexibility index (Phi) is 5.53. The van der Waals surface area contributed by atoms with Gasteiger partial charge in [0.2, 0.25) is 0 Å². The largest absolute Gasteiger partial charge is 0.450 e. The van der Waals surface area contributed by atoms with E-state index in [0.29, 0.717) is 17.3 Å². The van der Waals surface area contributed by atoms with Gasteiger partial charge < -0.3 is 9.04 Å². The molecular weight excluding hydrogens is 344 g/mol. The van der Waals surface area contributed by atoms with E-state index in [2.05, 4.69) is 33.9 Å². The minimum absolute atomic E-state index is 0.322. The second-order valence-corrected chi connectivity index (χ2v) is 6.91. The summed E-state index contributed by atoms with van der Waals surface area (Å²) in [7, 11) is 0. The topological polar surface area (TPSA) is 41.6 Å². The summed E-state index contributed by atoms with van der Waals surface area (Å²) in [6, 6.07) is 14.1. The highest BCUT2D eigenvalue weighted by Crippen LogP contribution is 2.37. The van der Waals surface area contributed by atoms with Crippen LogP contribution >= 0.6 is 23.5 Å². The number of para-hydroxylation sites is 1. The maximum Gasteiger partial charge on any atom is 0.411 e. The molecule has 3 rings (SSSR count). The summed E-state index contributed by atoms with van der Waals surface area (Å²) in [5.41, 5.74) is 3.18. The molecule has 1 heterocycles. The Morgan fingerprint density at radius 1 is 1.33 bits per heavy atom. The number of aryl methyl sites for hydroxylation is 1. The number of nitrogens with one attached hydrogen (secondary N) is 1. The third-order valence-corrected chi connectivity index (χ3v) is 5.13. The number of hydrogen-bond acceptors (Lipinski definition) is 4. The van der Waals surface area contributed by atoms with Crippen LogP contribution in [0.4, 0.5) is 16.2 Å². The van der Waals surface area contributed by atoms with Crippen molar-refractivity contribution >= 4 is 41.0 Å². The van der Waals surface area contributed by atoms with Crippen molar-refractivity contribution in [1.29, 1.82) is 0 Å². The molecule has 2 aromatic carbocycles. The zero-order valence-corrected chi connectivity index (χ0v) is 15.0. The van der Waals surface area contributed by atoms with Crippen LogP contribution < -0.4 is 9.62 Å². The van der Waals surface area contributed by atoms with Gasteiger partial charge in [-0.2, -0.15) is 0 Å². The number of carbonyl (C=O) groups is 1. The molecule has 24 heavy (non-hydrogen) atoms. The Balaban J connectivity index is 1.78. The van der Waals surface area contributed by atoms with E-state index in [-0.39, 0.29) is 0 Å². The lowest BCUT2D eigenvalue weighted by molar-refractivity contribution is 0.168. The standard InChI is InChI=1S/C18H19ClN2O2S/c1-2-23-18(22)20-16-12-14(9-10-15(16)19)24-21-11-5-7-13-6-3-4-8-17(13)21/h3-4,6,8-10,12H,2,5,7,11H2,1H3,(H,20,22). The highest BCUT2D eigenvalue weighted by Gasteiger charge is 2.18. The molecule has 0 spiro atoms. The average Bonchev–Trinajstić information content (AvgIpc) is 2.58. The number of ether oxygens (including phenoxy) is 1. The van der Waals surface area contributed by atoms with Crippen LogP contribution in [0.5, 0.6) is 0 Å². The molecule has 0 fully saturated rings.